The predicted octanol–water partition coefficient (Wildman–Crippen LogP) is 0.967. The summed E-state index contributed by atoms with van der Waals surface area (Å²) in [5.74, 6) is 1.10. The molecule has 0 spiro atoms. The van der Waals surface area contributed by atoms with Crippen molar-refractivity contribution in [1.82, 2.24) is 14.7 Å². The maximum Gasteiger partial charge on any atom is 0.150 e. The lowest BCUT2D eigenvalue weighted by molar-refractivity contribution is -0.0661. The lowest BCUT2D eigenvalue weighted by Crippen LogP contribution is -2.56. The van der Waals surface area contributed by atoms with Gasteiger partial charge in [-0.3, -0.25) is 9.58 Å². The van der Waals surface area contributed by atoms with Crippen molar-refractivity contribution in [1.29, 1.82) is 0 Å². The Hall–Kier alpha value is -1.07. The van der Waals surface area contributed by atoms with E-state index in [1.165, 1.54) is 0 Å². The maximum absolute atomic E-state index is 5.23. The summed E-state index contributed by atoms with van der Waals surface area (Å²) in [4.78, 5) is 4.89. The highest BCUT2D eigenvalue weighted by Gasteiger charge is 2.29. The van der Waals surface area contributed by atoms with Gasteiger partial charge in [0.1, 0.15) is 0 Å². The monoisotopic (exact) mass is 252 g/mol. The van der Waals surface area contributed by atoms with Crippen LogP contribution < -0.4 is 4.90 Å². The van der Waals surface area contributed by atoms with Gasteiger partial charge in [0.2, 0.25) is 0 Å². The molecule has 0 saturated carbocycles. The highest BCUT2D eigenvalue weighted by atomic mass is 16.5. The van der Waals surface area contributed by atoms with Crippen molar-refractivity contribution in [3.05, 3.63) is 12.3 Å². The number of ether oxygens (including phenoxy) is 1. The second-order valence-electron chi connectivity index (χ2n) is 4.56. The zero-order valence-corrected chi connectivity index (χ0v) is 11.7. The predicted molar refractivity (Wildman–Crippen MR) is 72.9 cm³/mol. The molecule has 1 aromatic heterocycles. The standard InChI is InChI=1S/C11H18N4O.C2H6/c1-13-3-2-11(12-13)15-6-4-14(5-7-15)10-8-16-9-10;1-2/h2-3,10H,4-9H2,1H3;1-2H3. The molecule has 2 aliphatic heterocycles. The summed E-state index contributed by atoms with van der Waals surface area (Å²) in [5.41, 5.74) is 0. The molecular formula is C13H24N4O. The van der Waals surface area contributed by atoms with Gasteiger partial charge in [-0.25, -0.2) is 0 Å². The van der Waals surface area contributed by atoms with Gasteiger partial charge in [0.15, 0.2) is 5.82 Å². The van der Waals surface area contributed by atoms with Gasteiger partial charge in [-0.15, -0.1) is 0 Å². The van der Waals surface area contributed by atoms with Crippen LogP contribution in [0.3, 0.4) is 0 Å². The third kappa shape index (κ3) is 2.84. The van der Waals surface area contributed by atoms with Crippen LogP contribution >= 0.6 is 0 Å². The Morgan fingerprint density at radius 1 is 1.17 bits per heavy atom. The van der Waals surface area contributed by atoms with E-state index in [0.29, 0.717) is 6.04 Å². The molecule has 0 N–H and O–H groups in total. The molecule has 2 fully saturated rings. The van der Waals surface area contributed by atoms with E-state index in [1.807, 2.05) is 31.8 Å². The molecule has 3 rings (SSSR count). The van der Waals surface area contributed by atoms with Crippen molar-refractivity contribution in [3.8, 4) is 0 Å². The largest absolute Gasteiger partial charge is 0.378 e. The van der Waals surface area contributed by atoms with Crippen LogP contribution in [0.15, 0.2) is 12.3 Å². The molecule has 5 nitrogen and oxygen atoms in total. The van der Waals surface area contributed by atoms with Crippen LogP contribution in [0.4, 0.5) is 5.82 Å². The Kier molecular flexibility index (Phi) is 4.60. The first-order valence-electron chi connectivity index (χ1n) is 6.89. The molecule has 0 aromatic carbocycles. The van der Waals surface area contributed by atoms with Crippen LogP contribution in [0.5, 0.6) is 0 Å². The van der Waals surface area contributed by atoms with Gasteiger partial charge in [0.05, 0.1) is 19.3 Å². The molecule has 18 heavy (non-hydrogen) atoms. The van der Waals surface area contributed by atoms with Crippen molar-refractivity contribution >= 4 is 5.82 Å². The summed E-state index contributed by atoms with van der Waals surface area (Å²) in [5, 5.41) is 4.44. The highest BCUT2D eigenvalue weighted by molar-refractivity contribution is 5.37. The number of aromatic nitrogens is 2. The highest BCUT2D eigenvalue weighted by Crippen LogP contribution is 2.17. The molecule has 2 saturated heterocycles. The van der Waals surface area contributed by atoms with Gasteiger partial charge in [-0.05, 0) is 0 Å². The van der Waals surface area contributed by atoms with Gasteiger partial charge < -0.3 is 9.64 Å². The Morgan fingerprint density at radius 3 is 2.28 bits per heavy atom. The van der Waals surface area contributed by atoms with Crippen LogP contribution in [-0.4, -0.2) is 60.1 Å². The van der Waals surface area contributed by atoms with E-state index in [9.17, 15) is 0 Å². The molecule has 0 amide bonds. The average molecular weight is 252 g/mol. The smallest absolute Gasteiger partial charge is 0.150 e. The summed E-state index contributed by atoms with van der Waals surface area (Å²) < 4.78 is 7.09. The van der Waals surface area contributed by atoms with Crippen molar-refractivity contribution < 1.29 is 4.74 Å². The fourth-order valence-corrected chi connectivity index (χ4v) is 2.32. The summed E-state index contributed by atoms with van der Waals surface area (Å²) in [6, 6.07) is 2.76. The van der Waals surface area contributed by atoms with Gasteiger partial charge in [0, 0.05) is 45.5 Å². The average Bonchev–Trinajstić information content (AvgIpc) is 2.77. The Bertz CT molecular complexity index is 354. The van der Waals surface area contributed by atoms with Gasteiger partial charge >= 0.3 is 0 Å². The first kappa shape index (κ1) is 13.4. The van der Waals surface area contributed by atoms with E-state index in [-0.39, 0.29) is 0 Å². The topological polar surface area (TPSA) is 33.5 Å². The maximum atomic E-state index is 5.23. The Labute approximate surface area is 109 Å². The molecule has 2 aliphatic rings. The van der Waals surface area contributed by atoms with E-state index in [0.717, 1.165) is 45.2 Å². The number of hydrogen-bond donors (Lipinski definition) is 0. The van der Waals surface area contributed by atoms with E-state index in [1.54, 1.807) is 0 Å². The zero-order valence-electron chi connectivity index (χ0n) is 11.7. The first-order valence-corrected chi connectivity index (χ1v) is 6.89. The first-order chi connectivity index (χ1) is 8.83. The number of anilines is 1. The van der Waals surface area contributed by atoms with Crippen molar-refractivity contribution in [2.45, 2.75) is 19.9 Å². The molecule has 0 radical (unpaired) electrons. The molecule has 0 aliphatic carbocycles. The molecule has 3 heterocycles. The molecule has 0 bridgehead atoms. The molecule has 0 unspecified atom stereocenters. The minimum absolute atomic E-state index is 0.672. The SMILES string of the molecule is CC.Cn1ccc(N2CCN(C3COC3)CC2)n1. The summed E-state index contributed by atoms with van der Waals surface area (Å²) in [6.45, 7) is 10.3. The van der Waals surface area contributed by atoms with Crippen LogP contribution in [0.25, 0.3) is 0 Å². The minimum atomic E-state index is 0.672. The number of piperazine rings is 1. The fourth-order valence-electron chi connectivity index (χ4n) is 2.32. The molecule has 5 heteroatoms. The summed E-state index contributed by atoms with van der Waals surface area (Å²) >= 11 is 0. The zero-order chi connectivity index (χ0) is 13.0. The van der Waals surface area contributed by atoms with Crippen LogP contribution in [-0.2, 0) is 11.8 Å². The van der Waals surface area contributed by atoms with Gasteiger partial charge in [-0.1, -0.05) is 13.8 Å². The van der Waals surface area contributed by atoms with E-state index >= 15 is 0 Å². The second kappa shape index (κ2) is 6.20. The quantitative estimate of drug-likeness (QED) is 0.785. The number of nitrogens with zero attached hydrogens (tertiary/aromatic N) is 4. The fraction of sp³-hybridized carbons (Fsp3) is 0.769. The van der Waals surface area contributed by atoms with Crippen LogP contribution in [0, 0.1) is 0 Å². The molecule has 1 aromatic rings. The van der Waals surface area contributed by atoms with Crippen molar-refractivity contribution in [2.75, 3.05) is 44.3 Å². The molecular weight excluding hydrogens is 228 g/mol. The van der Waals surface area contributed by atoms with Crippen LogP contribution in [0.1, 0.15) is 13.8 Å². The third-order valence-corrected chi connectivity index (χ3v) is 3.47. The van der Waals surface area contributed by atoms with Gasteiger partial charge in [0.25, 0.3) is 0 Å². The Balaban J connectivity index is 0.000000574. The minimum Gasteiger partial charge on any atom is -0.378 e. The molecule has 0 atom stereocenters. The molecule has 102 valence electrons. The number of hydrogen-bond acceptors (Lipinski definition) is 4. The lowest BCUT2D eigenvalue weighted by Gasteiger charge is -2.42. The third-order valence-electron chi connectivity index (χ3n) is 3.47. The van der Waals surface area contributed by atoms with Crippen LogP contribution in [0.2, 0.25) is 0 Å². The van der Waals surface area contributed by atoms with E-state index in [2.05, 4.69) is 21.0 Å². The lowest BCUT2D eigenvalue weighted by atomic mass is 10.2. The van der Waals surface area contributed by atoms with Crippen molar-refractivity contribution in [2.24, 2.45) is 7.05 Å². The normalized spacial score (nSPS) is 21.2. The van der Waals surface area contributed by atoms with E-state index in [4.69, 9.17) is 4.74 Å². The Morgan fingerprint density at radius 2 is 1.83 bits per heavy atom. The van der Waals surface area contributed by atoms with Crippen molar-refractivity contribution in [3.63, 3.8) is 0 Å². The second-order valence-corrected chi connectivity index (χ2v) is 4.56. The summed E-state index contributed by atoms with van der Waals surface area (Å²) in [6.07, 6.45) is 2.00. The van der Waals surface area contributed by atoms with Gasteiger partial charge in [-0.2, -0.15) is 5.10 Å². The number of rotatable bonds is 2. The van der Waals surface area contributed by atoms with E-state index < -0.39 is 0 Å². The number of aryl methyl sites for hydroxylation is 1. The summed E-state index contributed by atoms with van der Waals surface area (Å²) in [7, 11) is 1.96.